The van der Waals surface area contributed by atoms with E-state index in [-0.39, 0.29) is 12.2 Å². The lowest BCUT2D eigenvalue weighted by atomic mass is 10.2. The molecule has 0 aliphatic rings. The summed E-state index contributed by atoms with van der Waals surface area (Å²) in [6, 6.07) is 5.00. The fourth-order valence-electron chi connectivity index (χ4n) is 1.27. The minimum atomic E-state index is -0.916. The molecular weight excluding hydrogens is 202 g/mol. The van der Waals surface area contributed by atoms with Gasteiger partial charge in [0.2, 0.25) is 0 Å². The summed E-state index contributed by atoms with van der Waals surface area (Å²) in [5, 5.41) is 18.8. The van der Waals surface area contributed by atoms with Gasteiger partial charge in [0.1, 0.15) is 5.75 Å². The molecule has 14 heavy (non-hydrogen) atoms. The lowest BCUT2D eigenvalue weighted by Crippen LogP contribution is -2.00. The number of phenolic OH excluding ortho intramolecular Hbond substituents is 1. The molecule has 2 N–H and O–H groups in total. The zero-order valence-corrected chi connectivity index (χ0v) is 7.91. The summed E-state index contributed by atoms with van der Waals surface area (Å²) in [5.41, 5.74) is 0.508. The highest BCUT2D eigenvalue weighted by atomic mass is 32.1. The molecule has 1 aromatic carbocycles. The third-order valence-corrected chi connectivity index (χ3v) is 2.79. The predicted molar refractivity (Wildman–Crippen MR) is 52.6 cm³/mol. The summed E-state index contributed by atoms with van der Waals surface area (Å²) in [7, 11) is 0. The van der Waals surface area contributed by atoms with Crippen LogP contribution in [-0.4, -0.2) is 20.6 Å². The van der Waals surface area contributed by atoms with Crippen LogP contribution in [0.15, 0.2) is 18.2 Å². The zero-order chi connectivity index (χ0) is 10.1. The monoisotopic (exact) mass is 209 g/mol. The van der Waals surface area contributed by atoms with Crippen LogP contribution in [0, 0.1) is 0 Å². The highest BCUT2D eigenvalue weighted by Crippen LogP contribution is 2.30. The number of hydrogen-bond acceptors (Lipinski definition) is 4. The van der Waals surface area contributed by atoms with Crippen molar-refractivity contribution in [2.45, 2.75) is 6.42 Å². The van der Waals surface area contributed by atoms with Crippen LogP contribution in [0.3, 0.4) is 0 Å². The van der Waals surface area contributed by atoms with E-state index in [0.717, 1.165) is 16.9 Å². The van der Waals surface area contributed by atoms with E-state index in [1.807, 2.05) is 0 Å². The number of rotatable bonds is 2. The third-order valence-electron chi connectivity index (χ3n) is 1.87. The standard InChI is InChI=1S/C9H7NO3S/c11-7-3-1-2-5-6(4-8(12)13)10-14-9(5)7/h1-3,11H,4H2,(H,12,13). The van der Waals surface area contributed by atoms with E-state index < -0.39 is 5.97 Å². The van der Waals surface area contributed by atoms with E-state index >= 15 is 0 Å². The van der Waals surface area contributed by atoms with Crippen LogP contribution in [0.1, 0.15) is 5.69 Å². The molecule has 4 nitrogen and oxygen atoms in total. The van der Waals surface area contributed by atoms with Crippen molar-refractivity contribution < 1.29 is 15.0 Å². The first-order chi connectivity index (χ1) is 6.68. The molecular formula is C9H7NO3S. The van der Waals surface area contributed by atoms with Gasteiger partial charge in [-0.25, -0.2) is 0 Å². The van der Waals surface area contributed by atoms with E-state index in [1.54, 1.807) is 18.2 Å². The highest BCUT2D eigenvalue weighted by Gasteiger charge is 2.11. The van der Waals surface area contributed by atoms with Crippen LogP contribution >= 0.6 is 11.5 Å². The van der Waals surface area contributed by atoms with Crippen molar-refractivity contribution in [1.29, 1.82) is 0 Å². The van der Waals surface area contributed by atoms with Gasteiger partial charge in [0.05, 0.1) is 16.8 Å². The number of nitrogens with zero attached hydrogens (tertiary/aromatic N) is 1. The van der Waals surface area contributed by atoms with Gasteiger partial charge in [-0.3, -0.25) is 4.79 Å². The lowest BCUT2D eigenvalue weighted by molar-refractivity contribution is -0.136. The van der Waals surface area contributed by atoms with Crippen molar-refractivity contribution in [2.24, 2.45) is 0 Å². The summed E-state index contributed by atoms with van der Waals surface area (Å²) in [5.74, 6) is -0.766. The molecule has 1 heterocycles. The maximum absolute atomic E-state index is 10.5. The first kappa shape index (κ1) is 8.96. The van der Waals surface area contributed by atoms with Crippen LogP contribution in [0.2, 0.25) is 0 Å². The maximum Gasteiger partial charge on any atom is 0.309 e. The van der Waals surface area contributed by atoms with Gasteiger partial charge in [0.25, 0.3) is 0 Å². The zero-order valence-electron chi connectivity index (χ0n) is 7.10. The molecule has 2 aromatic rings. The van der Waals surface area contributed by atoms with Crippen molar-refractivity contribution >= 4 is 27.6 Å². The van der Waals surface area contributed by atoms with E-state index in [0.29, 0.717) is 10.4 Å². The number of phenols is 1. The molecule has 0 saturated carbocycles. The second-order valence-corrected chi connectivity index (χ2v) is 3.63. The smallest absolute Gasteiger partial charge is 0.309 e. The summed E-state index contributed by atoms with van der Waals surface area (Å²) in [6.45, 7) is 0. The highest BCUT2D eigenvalue weighted by molar-refractivity contribution is 7.13. The van der Waals surface area contributed by atoms with Crippen LogP contribution in [-0.2, 0) is 11.2 Å². The fourth-order valence-corrected chi connectivity index (χ4v) is 2.08. The molecule has 72 valence electrons. The summed E-state index contributed by atoms with van der Waals surface area (Å²) < 4.78 is 4.64. The number of benzene rings is 1. The van der Waals surface area contributed by atoms with Crippen LogP contribution in [0.4, 0.5) is 0 Å². The van der Waals surface area contributed by atoms with E-state index in [4.69, 9.17) is 5.11 Å². The number of aromatic hydroxyl groups is 1. The van der Waals surface area contributed by atoms with Gasteiger partial charge >= 0.3 is 5.97 Å². The Morgan fingerprint density at radius 3 is 3.00 bits per heavy atom. The van der Waals surface area contributed by atoms with Crippen molar-refractivity contribution in [3.63, 3.8) is 0 Å². The topological polar surface area (TPSA) is 70.4 Å². The normalized spacial score (nSPS) is 10.6. The molecule has 0 fully saturated rings. The van der Waals surface area contributed by atoms with Gasteiger partial charge in [-0.15, -0.1) is 0 Å². The Morgan fingerprint density at radius 1 is 1.50 bits per heavy atom. The summed E-state index contributed by atoms with van der Waals surface area (Å²) in [6.07, 6.45) is -0.108. The average Bonchev–Trinajstić information content (AvgIpc) is 2.49. The minimum absolute atomic E-state index is 0.108. The number of carboxylic acids is 1. The Balaban J connectivity index is 2.58. The number of carbonyl (C=O) groups is 1. The molecule has 0 aliphatic heterocycles. The van der Waals surface area contributed by atoms with E-state index in [1.165, 1.54) is 0 Å². The molecule has 0 bridgehead atoms. The van der Waals surface area contributed by atoms with Gasteiger partial charge in [-0.05, 0) is 17.6 Å². The largest absolute Gasteiger partial charge is 0.506 e. The van der Waals surface area contributed by atoms with E-state index in [2.05, 4.69) is 4.37 Å². The van der Waals surface area contributed by atoms with Crippen LogP contribution < -0.4 is 0 Å². The van der Waals surface area contributed by atoms with Gasteiger partial charge in [-0.2, -0.15) is 4.37 Å². The van der Waals surface area contributed by atoms with Gasteiger partial charge in [0, 0.05) is 5.39 Å². The SMILES string of the molecule is O=C(O)Cc1nsc2c(O)cccc12. The van der Waals surface area contributed by atoms with E-state index in [9.17, 15) is 9.90 Å². The summed E-state index contributed by atoms with van der Waals surface area (Å²) >= 11 is 1.12. The molecule has 0 saturated heterocycles. The number of aromatic nitrogens is 1. The Kier molecular flexibility index (Phi) is 2.09. The third kappa shape index (κ3) is 1.42. The molecule has 0 radical (unpaired) electrons. The van der Waals surface area contributed by atoms with Crippen LogP contribution in [0.25, 0.3) is 10.1 Å². The average molecular weight is 209 g/mol. The Hall–Kier alpha value is -1.62. The first-order valence-corrected chi connectivity index (χ1v) is 4.74. The first-order valence-electron chi connectivity index (χ1n) is 3.96. The van der Waals surface area contributed by atoms with Crippen molar-refractivity contribution in [2.75, 3.05) is 0 Å². The Labute approximate surface area is 83.6 Å². The molecule has 0 aliphatic carbocycles. The second-order valence-electron chi connectivity index (χ2n) is 2.85. The van der Waals surface area contributed by atoms with Crippen molar-refractivity contribution in [1.82, 2.24) is 4.37 Å². The number of fused-ring (bicyclic) bond motifs is 1. The van der Waals surface area contributed by atoms with Gasteiger partial charge in [-0.1, -0.05) is 12.1 Å². The molecule has 0 atom stereocenters. The lowest BCUT2D eigenvalue weighted by Gasteiger charge is -1.94. The summed E-state index contributed by atoms with van der Waals surface area (Å²) in [4.78, 5) is 10.5. The second kappa shape index (κ2) is 3.26. The fraction of sp³-hybridized carbons (Fsp3) is 0.111. The quantitative estimate of drug-likeness (QED) is 0.788. The predicted octanol–water partition coefficient (Wildman–Crippen LogP) is 1.63. The molecule has 1 aromatic heterocycles. The molecule has 0 spiro atoms. The van der Waals surface area contributed by atoms with Gasteiger partial charge < -0.3 is 10.2 Å². The minimum Gasteiger partial charge on any atom is -0.506 e. The molecule has 0 unspecified atom stereocenters. The number of hydrogen-bond donors (Lipinski definition) is 2. The van der Waals surface area contributed by atoms with Gasteiger partial charge in [0.15, 0.2) is 0 Å². The van der Waals surface area contributed by atoms with Crippen molar-refractivity contribution in [3.8, 4) is 5.75 Å². The van der Waals surface area contributed by atoms with Crippen molar-refractivity contribution in [3.05, 3.63) is 23.9 Å². The molecule has 0 amide bonds. The Morgan fingerprint density at radius 2 is 2.29 bits per heavy atom. The number of carboxylic acid groups (broad SMARTS) is 1. The molecule has 5 heteroatoms. The number of aliphatic carboxylic acids is 1. The Bertz CT molecular complexity index is 492. The molecule has 2 rings (SSSR count). The maximum atomic E-state index is 10.5. The van der Waals surface area contributed by atoms with Crippen LogP contribution in [0.5, 0.6) is 5.75 Å².